The molecule has 1 aromatic rings. The van der Waals surface area contributed by atoms with E-state index in [-0.39, 0.29) is 6.04 Å². The van der Waals surface area contributed by atoms with Gasteiger partial charge in [-0.05, 0) is 18.1 Å². The highest BCUT2D eigenvalue weighted by Gasteiger charge is 2.14. The van der Waals surface area contributed by atoms with E-state index in [0.717, 1.165) is 17.3 Å². The summed E-state index contributed by atoms with van der Waals surface area (Å²) in [6, 6.07) is -0.230. The fourth-order valence-electron chi connectivity index (χ4n) is 1.23. The highest BCUT2D eigenvalue weighted by Crippen LogP contribution is 2.16. The molecule has 0 spiro atoms. The second kappa shape index (κ2) is 7.68. The van der Waals surface area contributed by atoms with E-state index in [9.17, 15) is 0 Å². The van der Waals surface area contributed by atoms with Crippen molar-refractivity contribution in [3.63, 3.8) is 0 Å². The molecule has 1 atom stereocenters. The molecule has 2 N–H and O–H groups in total. The smallest absolute Gasteiger partial charge is 0.243 e. The molecule has 0 saturated heterocycles. The number of nitrogens with two attached hydrogens (primary N) is 1. The van der Waals surface area contributed by atoms with Crippen molar-refractivity contribution in [3.8, 4) is 0 Å². The van der Waals surface area contributed by atoms with E-state index in [4.69, 9.17) is 15.0 Å². The molecule has 0 bridgehead atoms. The molecule has 1 heterocycles. The van der Waals surface area contributed by atoms with Crippen LogP contribution in [0.1, 0.15) is 38.0 Å². The Morgan fingerprint density at radius 2 is 2.24 bits per heavy atom. The van der Waals surface area contributed by atoms with Crippen LogP contribution in [0.2, 0.25) is 0 Å². The molecule has 0 aromatic carbocycles. The number of methoxy groups -OCH3 is 1. The van der Waals surface area contributed by atoms with Crippen molar-refractivity contribution in [2.24, 2.45) is 11.7 Å². The molecule has 0 amide bonds. The van der Waals surface area contributed by atoms with Crippen LogP contribution in [-0.4, -0.2) is 29.6 Å². The second-order valence-electron chi connectivity index (χ2n) is 4.35. The van der Waals surface area contributed by atoms with Crippen LogP contribution in [0, 0.1) is 5.92 Å². The molecular weight excluding hydrogens is 238 g/mol. The predicted molar refractivity (Wildman–Crippen MR) is 68.7 cm³/mol. The lowest BCUT2D eigenvalue weighted by Crippen LogP contribution is -2.13. The molecule has 0 fully saturated rings. The number of aromatic nitrogens is 2. The molecule has 0 radical (unpaired) electrons. The first-order valence-corrected chi connectivity index (χ1v) is 6.93. The van der Waals surface area contributed by atoms with E-state index < -0.39 is 0 Å². The number of thioether (sulfide) groups is 1. The number of nitrogens with zero attached hydrogens (tertiary/aromatic N) is 2. The molecule has 0 aliphatic rings. The van der Waals surface area contributed by atoms with Gasteiger partial charge in [0.1, 0.15) is 0 Å². The largest absolute Gasteiger partial charge is 0.385 e. The Labute approximate surface area is 106 Å². The predicted octanol–water partition coefficient (Wildman–Crippen LogP) is 2.00. The van der Waals surface area contributed by atoms with Crippen molar-refractivity contribution < 1.29 is 9.26 Å². The first-order chi connectivity index (χ1) is 8.13. The third-order valence-corrected chi connectivity index (χ3v) is 3.48. The van der Waals surface area contributed by atoms with Crippen LogP contribution in [0.4, 0.5) is 0 Å². The zero-order chi connectivity index (χ0) is 12.7. The summed E-state index contributed by atoms with van der Waals surface area (Å²) in [5, 5.41) is 3.91. The fourth-order valence-corrected chi connectivity index (χ4v) is 2.12. The summed E-state index contributed by atoms with van der Waals surface area (Å²) in [6.07, 6.45) is 0.692. The van der Waals surface area contributed by atoms with Crippen LogP contribution < -0.4 is 5.73 Å². The summed E-state index contributed by atoms with van der Waals surface area (Å²) in [5.41, 5.74) is 5.89. The van der Waals surface area contributed by atoms with E-state index in [0.29, 0.717) is 24.8 Å². The van der Waals surface area contributed by atoms with E-state index >= 15 is 0 Å². The number of hydrogen-bond donors (Lipinski definition) is 1. The Morgan fingerprint density at radius 1 is 1.47 bits per heavy atom. The monoisotopic (exact) mass is 259 g/mol. The molecule has 98 valence electrons. The summed E-state index contributed by atoms with van der Waals surface area (Å²) in [4.78, 5) is 4.28. The minimum atomic E-state index is -0.230. The Kier molecular flexibility index (Phi) is 6.54. The van der Waals surface area contributed by atoms with Gasteiger partial charge in [0, 0.05) is 13.7 Å². The average molecular weight is 259 g/mol. The van der Waals surface area contributed by atoms with Crippen LogP contribution in [0.15, 0.2) is 4.52 Å². The SMILES string of the molecule is COCCC(N)c1nc(CSCC(C)C)no1. The lowest BCUT2D eigenvalue weighted by molar-refractivity contribution is 0.182. The molecule has 6 heteroatoms. The number of rotatable bonds is 8. The minimum absolute atomic E-state index is 0.230. The van der Waals surface area contributed by atoms with Crippen molar-refractivity contribution >= 4 is 11.8 Å². The zero-order valence-corrected chi connectivity index (χ0v) is 11.5. The van der Waals surface area contributed by atoms with Gasteiger partial charge in [0.25, 0.3) is 0 Å². The van der Waals surface area contributed by atoms with E-state index in [2.05, 4.69) is 24.0 Å². The van der Waals surface area contributed by atoms with Gasteiger partial charge in [-0.2, -0.15) is 16.7 Å². The molecule has 17 heavy (non-hydrogen) atoms. The second-order valence-corrected chi connectivity index (χ2v) is 5.38. The van der Waals surface area contributed by atoms with Crippen molar-refractivity contribution in [1.82, 2.24) is 10.1 Å². The van der Waals surface area contributed by atoms with Gasteiger partial charge in [-0.15, -0.1) is 0 Å². The van der Waals surface area contributed by atoms with Crippen LogP contribution >= 0.6 is 11.8 Å². The third-order valence-electron chi connectivity index (χ3n) is 2.12. The van der Waals surface area contributed by atoms with E-state index in [1.165, 1.54) is 0 Å². The highest BCUT2D eigenvalue weighted by molar-refractivity contribution is 7.98. The highest BCUT2D eigenvalue weighted by atomic mass is 32.2. The fraction of sp³-hybridized carbons (Fsp3) is 0.818. The Balaban J connectivity index is 2.36. The number of hydrogen-bond acceptors (Lipinski definition) is 6. The molecular formula is C11H21N3O2S. The van der Waals surface area contributed by atoms with Crippen molar-refractivity contribution in [2.75, 3.05) is 19.5 Å². The maximum atomic E-state index is 5.89. The standard InChI is InChI=1S/C11H21N3O2S/c1-8(2)6-17-7-10-13-11(16-14-10)9(12)4-5-15-3/h8-9H,4-7,12H2,1-3H3. The molecule has 5 nitrogen and oxygen atoms in total. The lowest BCUT2D eigenvalue weighted by Gasteiger charge is -2.04. The molecule has 1 unspecified atom stereocenters. The summed E-state index contributed by atoms with van der Waals surface area (Å²) in [6.45, 7) is 4.98. The van der Waals surface area contributed by atoms with Crippen molar-refractivity contribution in [3.05, 3.63) is 11.7 Å². The van der Waals surface area contributed by atoms with Gasteiger partial charge in [0.05, 0.1) is 11.8 Å². The van der Waals surface area contributed by atoms with Gasteiger partial charge in [-0.25, -0.2) is 0 Å². The third kappa shape index (κ3) is 5.52. The van der Waals surface area contributed by atoms with Crippen LogP contribution in [0.3, 0.4) is 0 Å². The molecule has 0 saturated carbocycles. The van der Waals surface area contributed by atoms with Gasteiger partial charge in [0.2, 0.25) is 5.89 Å². The molecule has 0 aliphatic heterocycles. The van der Waals surface area contributed by atoms with Gasteiger partial charge in [-0.3, -0.25) is 0 Å². The van der Waals surface area contributed by atoms with Crippen LogP contribution in [0.25, 0.3) is 0 Å². The summed E-state index contributed by atoms with van der Waals surface area (Å²) in [7, 11) is 1.65. The van der Waals surface area contributed by atoms with Gasteiger partial charge >= 0.3 is 0 Å². The summed E-state index contributed by atoms with van der Waals surface area (Å²) >= 11 is 1.81. The van der Waals surface area contributed by atoms with E-state index in [1.807, 2.05) is 0 Å². The van der Waals surface area contributed by atoms with Crippen molar-refractivity contribution in [1.29, 1.82) is 0 Å². The van der Waals surface area contributed by atoms with Gasteiger partial charge in [-0.1, -0.05) is 19.0 Å². The molecule has 1 aromatic heterocycles. The first kappa shape index (κ1) is 14.5. The van der Waals surface area contributed by atoms with Crippen LogP contribution in [0.5, 0.6) is 0 Å². The average Bonchev–Trinajstić information content (AvgIpc) is 2.74. The maximum absolute atomic E-state index is 5.89. The van der Waals surface area contributed by atoms with Gasteiger partial charge in [0.15, 0.2) is 5.82 Å². The van der Waals surface area contributed by atoms with Crippen molar-refractivity contribution in [2.45, 2.75) is 32.1 Å². The summed E-state index contributed by atoms with van der Waals surface area (Å²) < 4.78 is 10.1. The van der Waals surface area contributed by atoms with Crippen LogP contribution in [-0.2, 0) is 10.5 Å². The normalized spacial score (nSPS) is 13.2. The topological polar surface area (TPSA) is 74.2 Å². The maximum Gasteiger partial charge on any atom is 0.243 e. The minimum Gasteiger partial charge on any atom is -0.385 e. The Morgan fingerprint density at radius 3 is 2.88 bits per heavy atom. The quantitative estimate of drug-likeness (QED) is 0.769. The molecule has 1 rings (SSSR count). The molecule has 0 aliphatic carbocycles. The lowest BCUT2D eigenvalue weighted by atomic mass is 10.2. The Bertz CT molecular complexity index is 317. The van der Waals surface area contributed by atoms with E-state index in [1.54, 1.807) is 18.9 Å². The zero-order valence-electron chi connectivity index (χ0n) is 10.7. The Hall–Kier alpha value is -0.590. The number of ether oxygens (including phenoxy) is 1. The first-order valence-electron chi connectivity index (χ1n) is 5.78. The summed E-state index contributed by atoms with van der Waals surface area (Å²) in [5.74, 6) is 3.77. The van der Waals surface area contributed by atoms with Gasteiger partial charge < -0.3 is 15.0 Å².